The maximum Gasteiger partial charge on any atom is 0.340 e. The van der Waals surface area contributed by atoms with Crippen molar-refractivity contribution in [1.29, 1.82) is 0 Å². The van der Waals surface area contributed by atoms with E-state index < -0.39 is 22.6 Å². The molecule has 9 heteroatoms. The molecule has 0 spiro atoms. The van der Waals surface area contributed by atoms with Crippen molar-refractivity contribution in [3.8, 4) is 0 Å². The Bertz CT molecular complexity index is 1070. The van der Waals surface area contributed by atoms with E-state index in [1.165, 1.54) is 31.7 Å². The fraction of sp³-hybridized carbons (Fsp3) is 0.391. The SMILES string of the molecule is CN(C(=O)COC(=O)c1cc(S(=O)(=O)N(C)c2ccccc2)ccc1Cl)C1CCCCC1. The minimum atomic E-state index is -3.93. The summed E-state index contributed by atoms with van der Waals surface area (Å²) in [5, 5.41) is 0.0457. The Balaban J connectivity index is 1.72. The molecule has 7 nitrogen and oxygen atoms in total. The summed E-state index contributed by atoms with van der Waals surface area (Å²) < 4.78 is 32.3. The number of para-hydroxylation sites is 1. The van der Waals surface area contributed by atoms with E-state index in [1.807, 2.05) is 0 Å². The largest absolute Gasteiger partial charge is 0.452 e. The van der Waals surface area contributed by atoms with Gasteiger partial charge in [0.15, 0.2) is 6.61 Å². The van der Waals surface area contributed by atoms with Gasteiger partial charge < -0.3 is 9.64 Å². The highest BCUT2D eigenvalue weighted by molar-refractivity contribution is 7.92. The van der Waals surface area contributed by atoms with Crippen LogP contribution in [0.5, 0.6) is 0 Å². The zero-order valence-electron chi connectivity index (χ0n) is 18.2. The van der Waals surface area contributed by atoms with Gasteiger partial charge in [-0.3, -0.25) is 9.10 Å². The van der Waals surface area contributed by atoms with Crippen molar-refractivity contribution in [3.05, 3.63) is 59.1 Å². The zero-order valence-corrected chi connectivity index (χ0v) is 19.7. The highest BCUT2D eigenvalue weighted by Gasteiger charge is 2.26. The molecule has 32 heavy (non-hydrogen) atoms. The third-order valence-electron chi connectivity index (χ3n) is 5.78. The van der Waals surface area contributed by atoms with Gasteiger partial charge in [0.1, 0.15) is 0 Å². The molecule has 1 fully saturated rings. The number of hydrogen-bond acceptors (Lipinski definition) is 5. The van der Waals surface area contributed by atoms with Gasteiger partial charge in [0, 0.05) is 20.1 Å². The first-order valence-electron chi connectivity index (χ1n) is 10.5. The number of rotatable bonds is 7. The summed E-state index contributed by atoms with van der Waals surface area (Å²) in [5.41, 5.74) is 0.366. The zero-order chi connectivity index (χ0) is 23.3. The monoisotopic (exact) mass is 478 g/mol. The number of halogens is 1. The fourth-order valence-corrected chi connectivity index (χ4v) is 5.15. The predicted molar refractivity (Wildman–Crippen MR) is 123 cm³/mol. The lowest BCUT2D eigenvalue weighted by molar-refractivity contribution is -0.135. The van der Waals surface area contributed by atoms with Crippen LogP contribution in [0.4, 0.5) is 5.69 Å². The molecule has 1 aliphatic carbocycles. The van der Waals surface area contributed by atoms with E-state index in [-0.39, 0.29) is 27.4 Å². The molecule has 0 saturated heterocycles. The number of nitrogens with zero attached hydrogens (tertiary/aromatic N) is 2. The van der Waals surface area contributed by atoms with Crippen molar-refractivity contribution in [2.24, 2.45) is 0 Å². The summed E-state index contributed by atoms with van der Waals surface area (Å²) in [4.78, 5) is 26.6. The van der Waals surface area contributed by atoms with Crippen molar-refractivity contribution in [2.75, 3.05) is 25.0 Å². The normalized spacial score (nSPS) is 14.6. The van der Waals surface area contributed by atoms with Gasteiger partial charge in [-0.25, -0.2) is 13.2 Å². The van der Waals surface area contributed by atoms with Crippen LogP contribution in [0.25, 0.3) is 0 Å². The molecule has 0 N–H and O–H groups in total. The van der Waals surface area contributed by atoms with Gasteiger partial charge in [0.2, 0.25) is 0 Å². The van der Waals surface area contributed by atoms with E-state index in [4.69, 9.17) is 16.3 Å². The second-order valence-electron chi connectivity index (χ2n) is 7.82. The molecule has 0 bridgehead atoms. The van der Waals surface area contributed by atoms with Gasteiger partial charge in [-0.15, -0.1) is 0 Å². The summed E-state index contributed by atoms with van der Waals surface area (Å²) >= 11 is 6.13. The number of amides is 1. The molecule has 0 unspecified atom stereocenters. The lowest BCUT2D eigenvalue weighted by atomic mass is 9.94. The van der Waals surface area contributed by atoms with Crippen LogP contribution in [0.15, 0.2) is 53.4 Å². The van der Waals surface area contributed by atoms with Crippen LogP contribution in [0.1, 0.15) is 42.5 Å². The van der Waals surface area contributed by atoms with Crippen molar-refractivity contribution in [2.45, 2.75) is 43.0 Å². The number of esters is 1. The lowest BCUT2D eigenvalue weighted by Gasteiger charge is -2.31. The Morgan fingerprint density at radius 1 is 1.03 bits per heavy atom. The van der Waals surface area contributed by atoms with E-state index in [2.05, 4.69) is 0 Å². The Hall–Kier alpha value is -2.58. The first-order valence-corrected chi connectivity index (χ1v) is 12.3. The van der Waals surface area contributed by atoms with Crippen LogP contribution in [0, 0.1) is 0 Å². The molecule has 0 heterocycles. The van der Waals surface area contributed by atoms with Crippen molar-refractivity contribution in [3.63, 3.8) is 0 Å². The highest BCUT2D eigenvalue weighted by Crippen LogP contribution is 2.26. The van der Waals surface area contributed by atoms with Crippen LogP contribution < -0.4 is 4.31 Å². The molecular formula is C23H27ClN2O5S. The minimum Gasteiger partial charge on any atom is -0.452 e. The van der Waals surface area contributed by atoms with Crippen molar-refractivity contribution in [1.82, 2.24) is 4.90 Å². The average molecular weight is 479 g/mol. The second-order valence-corrected chi connectivity index (χ2v) is 10.2. The van der Waals surface area contributed by atoms with Crippen molar-refractivity contribution >= 4 is 39.2 Å². The van der Waals surface area contributed by atoms with E-state index in [1.54, 1.807) is 42.3 Å². The van der Waals surface area contributed by atoms with Gasteiger partial charge in [-0.05, 0) is 43.2 Å². The average Bonchev–Trinajstić information content (AvgIpc) is 2.82. The minimum absolute atomic E-state index is 0.0457. The molecule has 0 aromatic heterocycles. The summed E-state index contributed by atoms with van der Waals surface area (Å²) in [6, 6.07) is 12.6. The molecule has 1 amide bonds. The summed E-state index contributed by atoms with van der Waals surface area (Å²) in [5.74, 6) is -1.14. The molecule has 0 atom stereocenters. The molecule has 2 aromatic rings. The number of ether oxygens (including phenoxy) is 1. The summed E-state index contributed by atoms with van der Waals surface area (Å²) in [7, 11) is -0.791. The molecule has 172 valence electrons. The molecular weight excluding hydrogens is 452 g/mol. The van der Waals surface area contributed by atoms with E-state index in [0.717, 1.165) is 30.0 Å². The smallest absolute Gasteiger partial charge is 0.340 e. The first kappa shape index (κ1) is 24.1. The Kier molecular flexibility index (Phi) is 7.79. The van der Waals surface area contributed by atoms with Gasteiger partial charge in [0.05, 0.1) is 21.2 Å². The van der Waals surface area contributed by atoms with E-state index >= 15 is 0 Å². The molecule has 1 saturated carbocycles. The standard InChI is InChI=1S/C23H27ClN2O5S/c1-25(17-9-5-3-6-10-17)22(27)16-31-23(28)20-15-19(13-14-21(20)24)32(29,30)26(2)18-11-7-4-8-12-18/h4,7-8,11-15,17H,3,5-6,9-10,16H2,1-2H3. The number of hydrogen-bond donors (Lipinski definition) is 0. The second kappa shape index (κ2) is 10.4. The molecule has 0 aliphatic heterocycles. The molecule has 0 radical (unpaired) electrons. The number of carbonyl (C=O) groups is 2. The van der Waals surface area contributed by atoms with Crippen LogP contribution in [-0.2, 0) is 19.6 Å². The quantitative estimate of drug-likeness (QED) is 0.559. The number of likely N-dealkylation sites (N-methyl/N-ethyl adjacent to an activating group) is 1. The summed E-state index contributed by atoms with van der Waals surface area (Å²) in [6.45, 7) is -0.428. The lowest BCUT2D eigenvalue weighted by Crippen LogP contribution is -2.40. The molecule has 1 aliphatic rings. The Labute approximate surface area is 194 Å². The van der Waals surface area contributed by atoms with Crippen molar-refractivity contribution < 1.29 is 22.7 Å². The van der Waals surface area contributed by atoms with Gasteiger partial charge >= 0.3 is 5.97 Å². The fourth-order valence-electron chi connectivity index (χ4n) is 3.73. The third-order valence-corrected chi connectivity index (χ3v) is 7.89. The van der Waals surface area contributed by atoms with Gasteiger partial charge in [-0.1, -0.05) is 49.1 Å². The van der Waals surface area contributed by atoms with Crippen LogP contribution in [0.3, 0.4) is 0 Å². The first-order chi connectivity index (χ1) is 15.2. The van der Waals surface area contributed by atoms with Crippen LogP contribution in [0.2, 0.25) is 5.02 Å². The number of benzene rings is 2. The van der Waals surface area contributed by atoms with Crippen LogP contribution in [-0.4, -0.2) is 51.9 Å². The van der Waals surface area contributed by atoms with Gasteiger partial charge in [0.25, 0.3) is 15.9 Å². The Morgan fingerprint density at radius 3 is 2.34 bits per heavy atom. The topological polar surface area (TPSA) is 84.0 Å². The number of sulfonamides is 1. The molecule has 2 aromatic carbocycles. The Morgan fingerprint density at radius 2 is 1.69 bits per heavy atom. The van der Waals surface area contributed by atoms with E-state index in [9.17, 15) is 18.0 Å². The number of carbonyl (C=O) groups excluding carboxylic acids is 2. The van der Waals surface area contributed by atoms with E-state index in [0.29, 0.717) is 5.69 Å². The molecule has 3 rings (SSSR count). The highest BCUT2D eigenvalue weighted by atomic mass is 35.5. The van der Waals surface area contributed by atoms with Crippen LogP contribution >= 0.6 is 11.6 Å². The predicted octanol–water partition coefficient (Wildman–Crippen LogP) is 4.11. The summed E-state index contributed by atoms with van der Waals surface area (Å²) in [6.07, 6.45) is 5.21. The third kappa shape index (κ3) is 5.42. The maximum atomic E-state index is 13.0. The number of anilines is 1. The van der Waals surface area contributed by atoms with Gasteiger partial charge in [-0.2, -0.15) is 0 Å². The maximum absolute atomic E-state index is 13.0.